The van der Waals surface area contributed by atoms with Crippen molar-refractivity contribution < 1.29 is 0 Å². The molecule has 0 aliphatic rings. The molecule has 0 saturated carbocycles. The molecule has 0 aliphatic heterocycles. The quantitative estimate of drug-likeness (QED) is 0.649. The Morgan fingerprint density at radius 2 is 2.17 bits per heavy atom. The molecule has 0 saturated heterocycles. The van der Waals surface area contributed by atoms with Crippen LogP contribution in [0.4, 0.5) is 0 Å². The maximum atomic E-state index is 6.05. The van der Waals surface area contributed by atoms with Crippen molar-refractivity contribution in [3.63, 3.8) is 0 Å². The number of nitrogens with zero attached hydrogens (tertiary/aromatic N) is 5. The highest BCUT2D eigenvalue weighted by Crippen LogP contribution is 2.14. The summed E-state index contributed by atoms with van der Waals surface area (Å²) in [7, 11) is 5.96. The Morgan fingerprint density at radius 3 is 2.74 bits per heavy atom. The van der Waals surface area contributed by atoms with Gasteiger partial charge in [-0.25, -0.2) is 0 Å². The molecule has 0 unspecified atom stereocenters. The topological polar surface area (TPSA) is 50.4 Å². The van der Waals surface area contributed by atoms with Crippen molar-refractivity contribution in [3.8, 4) is 0 Å². The molecule has 126 valence electrons. The summed E-state index contributed by atoms with van der Waals surface area (Å²) in [5.41, 5.74) is 2.35. The van der Waals surface area contributed by atoms with Crippen LogP contribution in [0.3, 0.4) is 0 Å². The molecule has 0 amide bonds. The summed E-state index contributed by atoms with van der Waals surface area (Å²) in [4.78, 5) is 6.81. The van der Waals surface area contributed by atoms with Crippen LogP contribution >= 0.6 is 11.6 Å². The van der Waals surface area contributed by atoms with E-state index >= 15 is 0 Å². The Bertz CT molecular complexity index is 657. The molecule has 0 bridgehead atoms. The summed E-state index contributed by atoms with van der Waals surface area (Å²) < 4.78 is 3.85. The number of guanidine groups is 1. The standard InChI is InChI=1S/C16H25ClN6/c1-5-18-16(19-7-6-13-9-20-23(4)10-13)22(3)12-15-8-14(17)11-21(15)2/h8-11H,5-7,12H2,1-4H3,(H,18,19). The van der Waals surface area contributed by atoms with Gasteiger partial charge in [-0.2, -0.15) is 5.10 Å². The van der Waals surface area contributed by atoms with Crippen molar-refractivity contribution in [3.05, 3.63) is 40.9 Å². The zero-order valence-electron chi connectivity index (χ0n) is 14.3. The Labute approximate surface area is 142 Å². The molecule has 7 heteroatoms. The van der Waals surface area contributed by atoms with E-state index in [0.29, 0.717) is 0 Å². The van der Waals surface area contributed by atoms with Crippen LogP contribution in [0.25, 0.3) is 0 Å². The predicted octanol–water partition coefficient (Wildman–Crippen LogP) is 2.05. The van der Waals surface area contributed by atoms with Gasteiger partial charge >= 0.3 is 0 Å². The molecule has 0 aliphatic carbocycles. The predicted molar refractivity (Wildman–Crippen MR) is 94.8 cm³/mol. The molecule has 2 aromatic heterocycles. The van der Waals surface area contributed by atoms with Crippen molar-refractivity contribution in [2.24, 2.45) is 19.1 Å². The molecule has 0 spiro atoms. The first kappa shape index (κ1) is 17.4. The molecule has 2 aromatic rings. The zero-order chi connectivity index (χ0) is 16.8. The molecule has 6 nitrogen and oxygen atoms in total. The smallest absolute Gasteiger partial charge is 0.194 e. The number of aryl methyl sites for hydroxylation is 2. The summed E-state index contributed by atoms with van der Waals surface area (Å²) in [6.45, 7) is 4.39. The SMILES string of the molecule is CCNC(=NCCc1cnn(C)c1)N(C)Cc1cc(Cl)cn1C. The number of rotatable bonds is 6. The van der Waals surface area contributed by atoms with Crippen molar-refractivity contribution in [1.82, 2.24) is 24.6 Å². The van der Waals surface area contributed by atoms with Gasteiger partial charge in [0.1, 0.15) is 0 Å². The summed E-state index contributed by atoms with van der Waals surface area (Å²) in [6, 6.07) is 1.98. The van der Waals surface area contributed by atoms with Crippen molar-refractivity contribution in [1.29, 1.82) is 0 Å². The molecule has 0 radical (unpaired) electrons. The number of aliphatic imine (C=N–C) groups is 1. The molecular weight excluding hydrogens is 312 g/mol. The molecule has 2 heterocycles. The Hall–Kier alpha value is -1.95. The lowest BCUT2D eigenvalue weighted by Crippen LogP contribution is -2.39. The largest absolute Gasteiger partial charge is 0.357 e. The van der Waals surface area contributed by atoms with E-state index in [2.05, 4.69) is 22.2 Å². The van der Waals surface area contributed by atoms with E-state index in [1.54, 1.807) is 0 Å². The van der Waals surface area contributed by atoms with Crippen LogP contribution in [0.2, 0.25) is 5.02 Å². The Kier molecular flexibility index (Phi) is 6.10. The van der Waals surface area contributed by atoms with Crippen molar-refractivity contribution >= 4 is 17.6 Å². The van der Waals surface area contributed by atoms with Gasteiger partial charge in [0.2, 0.25) is 0 Å². The summed E-state index contributed by atoms with van der Waals surface area (Å²) in [6.07, 6.45) is 6.71. The van der Waals surface area contributed by atoms with Crippen LogP contribution in [-0.2, 0) is 27.1 Å². The number of hydrogen-bond acceptors (Lipinski definition) is 2. The first-order chi connectivity index (χ1) is 11.0. The number of aromatic nitrogens is 3. The fourth-order valence-corrected chi connectivity index (χ4v) is 2.68. The van der Waals surface area contributed by atoms with Gasteiger partial charge in [0.05, 0.1) is 17.8 Å². The minimum Gasteiger partial charge on any atom is -0.357 e. The lowest BCUT2D eigenvalue weighted by molar-refractivity contribution is 0.462. The lowest BCUT2D eigenvalue weighted by atomic mass is 10.2. The molecule has 0 aromatic carbocycles. The average Bonchev–Trinajstić information content (AvgIpc) is 3.03. The third kappa shape index (κ3) is 5.03. The molecule has 23 heavy (non-hydrogen) atoms. The second-order valence-corrected chi connectivity index (χ2v) is 6.06. The molecule has 2 rings (SSSR count). The van der Waals surface area contributed by atoms with Gasteiger partial charge in [-0.05, 0) is 25.0 Å². The van der Waals surface area contributed by atoms with E-state index in [9.17, 15) is 0 Å². The monoisotopic (exact) mass is 336 g/mol. The van der Waals surface area contributed by atoms with Gasteiger partial charge in [0.15, 0.2) is 5.96 Å². The number of nitrogens with one attached hydrogen (secondary N) is 1. The van der Waals surface area contributed by atoms with Gasteiger partial charge in [-0.1, -0.05) is 11.6 Å². The highest BCUT2D eigenvalue weighted by atomic mass is 35.5. The van der Waals surface area contributed by atoms with E-state index in [1.165, 1.54) is 5.56 Å². The van der Waals surface area contributed by atoms with E-state index < -0.39 is 0 Å². The molecule has 1 N–H and O–H groups in total. The van der Waals surface area contributed by atoms with Crippen molar-refractivity contribution in [2.45, 2.75) is 19.9 Å². The average molecular weight is 337 g/mol. The minimum absolute atomic E-state index is 0.728. The highest BCUT2D eigenvalue weighted by Gasteiger charge is 2.09. The normalized spacial score (nSPS) is 11.8. The molecular formula is C16H25ClN6. The second-order valence-electron chi connectivity index (χ2n) is 5.62. The fourth-order valence-electron chi connectivity index (χ4n) is 2.40. The molecule has 0 atom stereocenters. The van der Waals surface area contributed by atoms with Crippen LogP contribution in [-0.4, -0.2) is 45.3 Å². The van der Waals surface area contributed by atoms with Gasteiger partial charge in [0, 0.05) is 52.3 Å². The first-order valence-corrected chi connectivity index (χ1v) is 8.15. The second kappa shape index (κ2) is 8.06. The molecule has 0 fully saturated rings. The van der Waals surface area contributed by atoms with Gasteiger partial charge in [0.25, 0.3) is 0 Å². The summed E-state index contributed by atoms with van der Waals surface area (Å²) in [5.74, 6) is 0.897. The number of hydrogen-bond donors (Lipinski definition) is 1. The maximum Gasteiger partial charge on any atom is 0.194 e. The number of halogens is 1. The third-order valence-corrected chi connectivity index (χ3v) is 3.80. The zero-order valence-corrected chi connectivity index (χ0v) is 15.0. The van der Waals surface area contributed by atoms with Gasteiger partial charge in [-0.3, -0.25) is 9.67 Å². The van der Waals surface area contributed by atoms with Crippen LogP contribution in [0.5, 0.6) is 0 Å². The summed E-state index contributed by atoms with van der Waals surface area (Å²) >= 11 is 6.05. The van der Waals surface area contributed by atoms with E-state index in [4.69, 9.17) is 16.6 Å². The fraction of sp³-hybridized carbons (Fsp3) is 0.500. The summed E-state index contributed by atoms with van der Waals surface area (Å²) in [5, 5.41) is 8.27. The van der Waals surface area contributed by atoms with Crippen LogP contribution in [0.15, 0.2) is 29.6 Å². The van der Waals surface area contributed by atoms with Gasteiger partial charge < -0.3 is 14.8 Å². The first-order valence-electron chi connectivity index (χ1n) is 7.77. The minimum atomic E-state index is 0.728. The van der Waals surface area contributed by atoms with E-state index in [1.807, 2.05) is 55.0 Å². The Morgan fingerprint density at radius 1 is 1.39 bits per heavy atom. The highest BCUT2D eigenvalue weighted by molar-refractivity contribution is 6.30. The van der Waals surface area contributed by atoms with E-state index in [0.717, 1.165) is 42.7 Å². The maximum absolute atomic E-state index is 6.05. The Balaban J connectivity index is 1.98. The van der Waals surface area contributed by atoms with Gasteiger partial charge in [-0.15, -0.1) is 0 Å². The van der Waals surface area contributed by atoms with Crippen molar-refractivity contribution in [2.75, 3.05) is 20.1 Å². The van der Waals surface area contributed by atoms with Crippen LogP contribution < -0.4 is 5.32 Å². The van der Waals surface area contributed by atoms with Crippen LogP contribution in [0, 0.1) is 0 Å². The van der Waals surface area contributed by atoms with Crippen LogP contribution in [0.1, 0.15) is 18.2 Å². The third-order valence-electron chi connectivity index (χ3n) is 3.59. The lowest BCUT2D eigenvalue weighted by Gasteiger charge is -2.22. The van der Waals surface area contributed by atoms with E-state index in [-0.39, 0.29) is 0 Å².